The van der Waals surface area contributed by atoms with E-state index in [9.17, 15) is 4.79 Å². The summed E-state index contributed by atoms with van der Waals surface area (Å²) in [7, 11) is 0. The minimum Gasteiger partial charge on any atom is -0.465 e. The first-order chi connectivity index (χ1) is 6.65. The second-order valence-corrected chi connectivity index (χ2v) is 3.19. The van der Waals surface area contributed by atoms with E-state index in [2.05, 4.69) is 11.2 Å². The Bertz CT molecular complexity index is 208. The van der Waals surface area contributed by atoms with Crippen molar-refractivity contribution in [1.82, 2.24) is 5.32 Å². The molecule has 0 saturated carbocycles. The molecule has 0 spiro atoms. The monoisotopic (exact) mass is 197 g/mol. The molecule has 0 radical (unpaired) electrons. The Kier molecular flexibility index (Phi) is 6.87. The normalized spacial score (nSPS) is 14.1. The Hall–Kier alpha value is -1.01. The number of nitrogens with one attached hydrogen (secondary N) is 1. The van der Waals surface area contributed by atoms with Crippen LogP contribution in [0.2, 0.25) is 0 Å². The Balaban J connectivity index is 4.02. The largest absolute Gasteiger partial charge is 0.465 e. The van der Waals surface area contributed by atoms with Gasteiger partial charge in [0.1, 0.15) is 6.04 Å². The van der Waals surface area contributed by atoms with Crippen molar-refractivity contribution >= 4 is 5.97 Å². The van der Waals surface area contributed by atoms with Gasteiger partial charge < -0.3 is 10.1 Å². The van der Waals surface area contributed by atoms with Crippen LogP contribution in [0, 0.1) is 12.3 Å². The first-order valence-electron chi connectivity index (χ1n) is 5.01. The molecule has 14 heavy (non-hydrogen) atoms. The summed E-state index contributed by atoms with van der Waals surface area (Å²) >= 11 is 0. The van der Waals surface area contributed by atoms with Gasteiger partial charge in [-0.3, -0.25) is 4.79 Å². The molecule has 3 nitrogen and oxygen atoms in total. The van der Waals surface area contributed by atoms with Gasteiger partial charge >= 0.3 is 5.97 Å². The van der Waals surface area contributed by atoms with Crippen LogP contribution < -0.4 is 5.32 Å². The number of esters is 1. The summed E-state index contributed by atoms with van der Waals surface area (Å²) in [4.78, 5) is 11.4. The highest BCUT2D eigenvalue weighted by Gasteiger charge is 2.18. The van der Waals surface area contributed by atoms with E-state index in [0.29, 0.717) is 19.4 Å². The quantitative estimate of drug-likeness (QED) is 0.515. The van der Waals surface area contributed by atoms with Crippen molar-refractivity contribution < 1.29 is 9.53 Å². The number of carbonyl (C=O) groups is 1. The summed E-state index contributed by atoms with van der Waals surface area (Å²) in [5, 5.41) is 3.14. The lowest BCUT2D eigenvalue weighted by molar-refractivity contribution is -0.145. The topological polar surface area (TPSA) is 38.3 Å². The lowest BCUT2D eigenvalue weighted by Crippen LogP contribution is -2.42. The second kappa shape index (κ2) is 7.40. The average Bonchev–Trinajstić information content (AvgIpc) is 2.15. The summed E-state index contributed by atoms with van der Waals surface area (Å²) in [5.41, 5.74) is 0. The van der Waals surface area contributed by atoms with Crippen LogP contribution in [0.4, 0.5) is 0 Å². The summed E-state index contributed by atoms with van der Waals surface area (Å²) < 4.78 is 4.92. The van der Waals surface area contributed by atoms with E-state index >= 15 is 0 Å². The van der Waals surface area contributed by atoms with Crippen molar-refractivity contribution in [2.75, 3.05) is 6.61 Å². The molecule has 0 aromatic rings. The van der Waals surface area contributed by atoms with Crippen molar-refractivity contribution in [3.63, 3.8) is 0 Å². The molecule has 0 aromatic heterocycles. The molecule has 0 aliphatic rings. The van der Waals surface area contributed by atoms with E-state index in [1.807, 2.05) is 13.8 Å². The molecule has 0 fully saturated rings. The molecule has 0 amide bonds. The third kappa shape index (κ3) is 4.88. The van der Waals surface area contributed by atoms with E-state index in [0.717, 1.165) is 0 Å². The molecule has 2 atom stereocenters. The molecular formula is C11H19NO2. The van der Waals surface area contributed by atoms with Crippen LogP contribution in [0.15, 0.2) is 0 Å². The number of ether oxygens (including phenoxy) is 1. The SMILES string of the molecule is C#CCC(C)NC(CC)C(=O)OCC. The van der Waals surface area contributed by atoms with Gasteiger partial charge in [-0.15, -0.1) is 12.3 Å². The highest BCUT2D eigenvalue weighted by molar-refractivity contribution is 5.75. The van der Waals surface area contributed by atoms with Crippen LogP contribution in [0.5, 0.6) is 0 Å². The second-order valence-electron chi connectivity index (χ2n) is 3.19. The van der Waals surface area contributed by atoms with E-state index in [4.69, 9.17) is 11.2 Å². The molecule has 0 heterocycles. The van der Waals surface area contributed by atoms with Gasteiger partial charge in [0.25, 0.3) is 0 Å². The van der Waals surface area contributed by atoms with E-state index in [1.165, 1.54) is 0 Å². The Morgan fingerprint density at radius 1 is 1.57 bits per heavy atom. The van der Waals surface area contributed by atoms with E-state index in [1.54, 1.807) is 6.92 Å². The summed E-state index contributed by atoms with van der Waals surface area (Å²) in [6.07, 6.45) is 6.51. The van der Waals surface area contributed by atoms with Crippen LogP contribution in [0.1, 0.15) is 33.6 Å². The maximum absolute atomic E-state index is 11.4. The highest BCUT2D eigenvalue weighted by Crippen LogP contribution is 1.99. The lowest BCUT2D eigenvalue weighted by Gasteiger charge is -2.19. The van der Waals surface area contributed by atoms with Crippen molar-refractivity contribution in [1.29, 1.82) is 0 Å². The van der Waals surface area contributed by atoms with Crippen LogP contribution in [0.25, 0.3) is 0 Å². The Morgan fingerprint density at radius 2 is 2.21 bits per heavy atom. The van der Waals surface area contributed by atoms with Crippen LogP contribution in [0.3, 0.4) is 0 Å². The van der Waals surface area contributed by atoms with Gasteiger partial charge in [-0.2, -0.15) is 0 Å². The van der Waals surface area contributed by atoms with Crippen molar-refractivity contribution in [2.24, 2.45) is 0 Å². The third-order valence-corrected chi connectivity index (χ3v) is 1.89. The molecule has 80 valence electrons. The zero-order valence-corrected chi connectivity index (χ0v) is 9.17. The zero-order valence-electron chi connectivity index (χ0n) is 9.17. The Morgan fingerprint density at radius 3 is 2.64 bits per heavy atom. The third-order valence-electron chi connectivity index (χ3n) is 1.89. The molecule has 0 saturated heterocycles. The molecule has 0 rings (SSSR count). The van der Waals surface area contributed by atoms with Crippen LogP contribution >= 0.6 is 0 Å². The van der Waals surface area contributed by atoms with Crippen LogP contribution in [-0.4, -0.2) is 24.7 Å². The van der Waals surface area contributed by atoms with Gasteiger partial charge in [0, 0.05) is 12.5 Å². The minimum atomic E-state index is -0.238. The van der Waals surface area contributed by atoms with Gasteiger partial charge in [-0.1, -0.05) is 6.92 Å². The minimum absolute atomic E-state index is 0.148. The van der Waals surface area contributed by atoms with Gasteiger partial charge in [0.2, 0.25) is 0 Å². The fourth-order valence-electron chi connectivity index (χ4n) is 1.17. The standard InChI is InChI=1S/C11H19NO2/c1-5-8-9(4)12-10(6-2)11(13)14-7-3/h1,9-10,12H,6-8H2,2-4H3. The summed E-state index contributed by atoms with van der Waals surface area (Å²) in [5.74, 6) is 2.36. The summed E-state index contributed by atoms with van der Waals surface area (Å²) in [6.45, 7) is 6.12. The van der Waals surface area contributed by atoms with Crippen molar-refractivity contribution in [3.8, 4) is 12.3 Å². The highest BCUT2D eigenvalue weighted by atomic mass is 16.5. The van der Waals surface area contributed by atoms with Crippen LogP contribution in [-0.2, 0) is 9.53 Å². The smallest absolute Gasteiger partial charge is 0.323 e. The molecule has 2 unspecified atom stereocenters. The number of rotatable bonds is 6. The molecular weight excluding hydrogens is 178 g/mol. The van der Waals surface area contributed by atoms with Gasteiger partial charge in [0.05, 0.1) is 6.61 Å². The fraction of sp³-hybridized carbons (Fsp3) is 0.727. The molecule has 0 aliphatic carbocycles. The van der Waals surface area contributed by atoms with Crippen molar-refractivity contribution in [2.45, 2.75) is 45.7 Å². The zero-order chi connectivity index (χ0) is 11.0. The molecule has 0 bridgehead atoms. The number of hydrogen-bond acceptors (Lipinski definition) is 3. The fourth-order valence-corrected chi connectivity index (χ4v) is 1.17. The predicted molar refractivity (Wildman–Crippen MR) is 56.8 cm³/mol. The van der Waals surface area contributed by atoms with Gasteiger partial charge in [-0.25, -0.2) is 0 Å². The summed E-state index contributed by atoms with van der Waals surface area (Å²) in [6, 6.07) is -0.0901. The predicted octanol–water partition coefficient (Wildman–Crippen LogP) is 1.33. The molecule has 0 aromatic carbocycles. The molecule has 3 heteroatoms. The average molecular weight is 197 g/mol. The Labute approximate surface area is 86.2 Å². The maximum atomic E-state index is 11.4. The number of hydrogen-bond donors (Lipinski definition) is 1. The molecule has 0 aliphatic heterocycles. The first-order valence-corrected chi connectivity index (χ1v) is 5.01. The number of carbonyl (C=O) groups excluding carboxylic acids is 1. The molecule has 1 N–H and O–H groups in total. The van der Waals surface area contributed by atoms with E-state index < -0.39 is 0 Å². The lowest BCUT2D eigenvalue weighted by atomic mass is 10.1. The number of terminal acetylenes is 1. The van der Waals surface area contributed by atoms with E-state index in [-0.39, 0.29) is 18.1 Å². The van der Waals surface area contributed by atoms with Gasteiger partial charge in [-0.05, 0) is 20.3 Å². The first kappa shape index (κ1) is 13.0. The van der Waals surface area contributed by atoms with Crippen molar-refractivity contribution in [3.05, 3.63) is 0 Å². The maximum Gasteiger partial charge on any atom is 0.323 e. The van der Waals surface area contributed by atoms with Gasteiger partial charge in [0.15, 0.2) is 0 Å².